The minimum atomic E-state index is -5.10. The first kappa shape index (κ1) is 48.9. The van der Waals surface area contributed by atoms with Crippen LogP contribution in [0, 0.1) is 17.5 Å². The van der Waals surface area contributed by atoms with Gasteiger partial charge in [-0.3, -0.25) is 9.59 Å². The molecule has 6 rings (SSSR count). The van der Waals surface area contributed by atoms with Gasteiger partial charge in [0.2, 0.25) is 0 Å². The smallest absolute Gasteiger partial charge is 0.478 e. The van der Waals surface area contributed by atoms with Crippen LogP contribution in [0.3, 0.4) is 0 Å². The number of carbonyl (C=O) groups excluding carboxylic acids is 2. The molecule has 24 heteroatoms. The lowest BCUT2D eigenvalue weighted by Gasteiger charge is -2.32. The van der Waals surface area contributed by atoms with E-state index in [4.69, 9.17) is 14.6 Å². The van der Waals surface area contributed by atoms with E-state index in [2.05, 4.69) is 9.47 Å². The summed E-state index contributed by atoms with van der Waals surface area (Å²) in [6, 6.07) is 6.81. The number of carboxylic acids is 1. The Labute approximate surface area is 353 Å². The van der Waals surface area contributed by atoms with Gasteiger partial charge in [0.1, 0.15) is 29.0 Å². The molecule has 0 saturated carbocycles. The topological polar surface area (TPSA) is 133 Å². The molecule has 5 aromatic rings. The fourth-order valence-corrected chi connectivity index (χ4v) is 7.08. The number of hydrogen-bond acceptors (Lipinski definition) is 7. The lowest BCUT2D eigenvalue weighted by Crippen LogP contribution is -2.38. The van der Waals surface area contributed by atoms with Crippen molar-refractivity contribution in [2.45, 2.75) is 57.3 Å². The Balaban J connectivity index is 0.000000294. The molecule has 0 atom stereocenters. The van der Waals surface area contributed by atoms with Crippen molar-refractivity contribution in [3.05, 3.63) is 94.6 Å². The van der Waals surface area contributed by atoms with E-state index in [9.17, 15) is 67.1 Å². The Kier molecular flexibility index (Phi) is 15.0. The molecule has 2 N–H and O–H groups in total. The number of carboxylic acid groups (broad SMARTS) is 1. The van der Waals surface area contributed by atoms with Crippen LogP contribution in [-0.2, 0) is 33.9 Å². The minimum Gasteiger partial charge on any atom is -0.478 e. The van der Waals surface area contributed by atoms with E-state index in [0.29, 0.717) is 0 Å². The van der Waals surface area contributed by atoms with Gasteiger partial charge in [-0.2, -0.15) is 13.2 Å². The van der Waals surface area contributed by atoms with Gasteiger partial charge in [0.25, 0.3) is 5.91 Å². The van der Waals surface area contributed by atoms with E-state index in [0.717, 1.165) is 36.5 Å². The highest BCUT2D eigenvalue weighted by Crippen LogP contribution is 2.39. The summed E-state index contributed by atoms with van der Waals surface area (Å²) in [5.41, 5.74) is -0.804. The van der Waals surface area contributed by atoms with Crippen molar-refractivity contribution < 1.29 is 91.1 Å². The van der Waals surface area contributed by atoms with Gasteiger partial charge in [-0.1, -0.05) is 12.1 Å². The number of aromatic nitrogens is 2. The SMILES string of the molecule is COCCn1cc(C(=O)N2CCC(c3cc(CNC(=O)C(F)(F)F)ccc3F)CC2)c2c(OC(F)(F)F)ccc(F)c21.COCCn1cc(C(=O)O)c2c(OC(F)(F)F)ccc(F)c21. The lowest BCUT2D eigenvalue weighted by molar-refractivity contribution is -0.275. The van der Waals surface area contributed by atoms with Gasteiger partial charge >= 0.3 is 30.8 Å². The molecule has 64 heavy (non-hydrogen) atoms. The third-order valence-electron chi connectivity index (χ3n) is 9.84. The number of ether oxygens (including phenoxy) is 4. The number of halogens is 12. The van der Waals surface area contributed by atoms with Crippen LogP contribution < -0.4 is 14.8 Å². The summed E-state index contributed by atoms with van der Waals surface area (Å²) in [5.74, 6) is -8.58. The number of benzene rings is 3. The average molecular weight is 929 g/mol. The van der Waals surface area contributed by atoms with Crippen LogP contribution in [0.2, 0.25) is 0 Å². The van der Waals surface area contributed by atoms with Crippen molar-refractivity contribution in [3.63, 3.8) is 0 Å². The molecule has 12 nitrogen and oxygen atoms in total. The summed E-state index contributed by atoms with van der Waals surface area (Å²) >= 11 is 0. The molecule has 2 aromatic heterocycles. The van der Waals surface area contributed by atoms with Crippen molar-refractivity contribution in [2.75, 3.05) is 40.5 Å². The molecule has 348 valence electrons. The molecule has 0 bridgehead atoms. The summed E-state index contributed by atoms with van der Waals surface area (Å²) in [6.45, 7) is -0.0276. The number of likely N-dealkylation sites (tertiary alicyclic amines) is 1. The Morgan fingerprint density at radius 1 is 0.703 bits per heavy atom. The monoisotopic (exact) mass is 928 g/mol. The van der Waals surface area contributed by atoms with Gasteiger partial charge in [-0.25, -0.2) is 18.0 Å². The number of alkyl halides is 9. The molecule has 2 amide bonds. The number of nitrogens with one attached hydrogen (secondary N) is 1. The molecule has 0 aliphatic carbocycles. The van der Waals surface area contributed by atoms with E-state index >= 15 is 0 Å². The number of fused-ring (bicyclic) bond motifs is 2. The summed E-state index contributed by atoms with van der Waals surface area (Å²) in [6.07, 6.45) is -12.4. The first-order chi connectivity index (χ1) is 29.9. The van der Waals surface area contributed by atoms with E-state index in [1.165, 1.54) is 46.6 Å². The molecule has 1 aliphatic heterocycles. The maximum atomic E-state index is 14.8. The predicted octanol–water partition coefficient (Wildman–Crippen LogP) is 8.69. The highest BCUT2D eigenvalue weighted by atomic mass is 19.4. The maximum absolute atomic E-state index is 14.8. The Morgan fingerprint density at radius 3 is 1.62 bits per heavy atom. The molecule has 1 aliphatic rings. The van der Waals surface area contributed by atoms with E-state index in [1.54, 1.807) is 5.32 Å². The number of piperidine rings is 1. The Morgan fingerprint density at radius 2 is 1.17 bits per heavy atom. The largest absolute Gasteiger partial charge is 0.573 e. The van der Waals surface area contributed by atoms with Crippen LogP contribution in [0.4, 0.5) is 52.7 Å². The van der Waals surface area contributed by atoms with Gasteiger partial charge in [0.05, 0.1) is 46.1 Å². The number of hydrogen-bond donors (Lipinski definition) is 2. The fourth-order valence-electron chi connectivity index (χ4n) is 7.08. The van der Waals surface area contributed by atoms with Gasteiger partial charge < -0.3 is 43.4 Å². The second kappa shape index (κ2) is 19.7. The summed E-state index contributed by atoms with van der Waals surface area (Å²) in [7, 11) is 2.77. The van der Waals surface area contributed by atoms with Gasteiger partial charge in [-0.15, -0.1) is 26.3 Å². The molecule has 0 radical (unpaired) electrons. The maximum Gasteiger partial charge on any atom is 0.573 e. The highest BCUT2D eigenvalue weighted by molar-refractivity contribution is 6.09. The molecule has 0 unspecified atom stereocenters. The molecule has 0 spiro atoms. The number of amides is 2. The number of aromatic carboxylic acids is 1. The third-order valence-corrected chi connectivity index (χ3v) is 9.84. The van der Waals surface area contributed by atoms with Crippen molar-refractivity contribution >= 4 is 39.6 Å². The van der Waals surface area contributed by atoms with Crippen molar-refractivity contribution in [1.29, 1.82) is 0 Å². The van der Waals surface area contributed by atoms with Crippen molar-refractivity contribution in [3.8, 4) is 11.5 Å². The quantitative estimate of drug-likeness (QED) is 0.112. The standard InChI is InChI=1S/C27H25F8N3O4.C13H11F4NO4/c1-41-11-10-38-14-18(22-21(42-27(33,34)35)5-4-20(29)23(22)38)24(39)37-8-6-16(7-9-37)17-12-15(2-3-19(17)28)13-36-25(40)26(30,31)32;1-21-5-4-18-6-7(12(19)20)10-9(22-13(15,16)17)3-2-8(14)11(10)18/h2-5,12,14,16H,6-11,13H2,1H3,(H,36,40);2-3,6H,4-5H2,1H3,(H,19,20). The van der Waals surface area contributed by atoms with Gasteiger partial charge in [0.15, 0.2) is 0 Å². The average Bonchev–Trinajstić information content (AvgIpc) is 3.81. The van der Waals surface area contributed by atoms with Crippen LogP contribution in [0.1, 0.15) is 50.6 Å². The molecule has 1 fully saturated rings. The Bertz CT molecular complexity index is 2490. The summed E-state index contributed by atoms with van der Waals surface area (Å²) < 4.78 is 178. The summed E-state index contributed by atoms with van der Waals surface area (Å²) in [5, 5.41) is 10.1. The zero-order valence-corrected chi connectivity index (χ0v) is 33.3. The molecule has 1 saturated heterocycles. The lowest BCUT2D eigenvalue weighted by atomic mass is 9.88. The molecular weight excluding hydrogens is 892 g/mol. The summed E-state index contributed by atoms with van der Waals surface area (Å²) in [4.78, 5) is 37.2. The van der Waals surface area contributed by atoms with Crippen molar-refractivity contribution in [2.24, 2.45) is 0 Å². The highest BCUT2D eigenvalue weighted by Gasteiger charge is 2.39. The third kappa shape index (κ3) is 11.7. The second-order valence-electron chi connectivity index (χ2n) is 14.0. The van der Waals surface area contributed by atoms with Crippen LogP contribution in [0.15, 0.2) is 54.9 Å². The number of nitrogens with zero attached hydrogens (tertiary/aromatic N) is 3. The van der Waals surface area contributed by atoms with E-state index in [1.807, 2.05) is 0 Å². The minimum absolute atomic E-state index is 0.0355. The van der Waals surface area contributed by atoms with E-state index in [-0.39, 0.29) is 85.3 Å². The molecule has 3 heterocycles. The zero-order chi connectivity index (χ0) is 47.3. The Hall–Kier alpha value is -6.17. The second-order valence-corrected chi connectivity index (χ2v) is 14.0. The molecule has 3 aromatic carbocycles. The normalized spacial score (nSPS) is 13.8. The fraction of sp³-hybridized carbons (Fsp3) is 0.375. The zero-order valence-electron chi connectivity index (χ0n) is 33.3. The number of methoxy groups -OCH3 is 2. The number of rotatable bonds is 13. The van der Waals surface area contributed by atoms with Crippen molar-refractivity contribution in [1.82, 2.24) is 19.4 Å². The van der Waals surface area contributed by atoms with Crippen LogP contribution >= 0.6 is 0 Å². The van der Waals surface area contributed by atoms with Gasteiger partial charge in [-0.05, 0) is 60.2 Å². The number of carbonyl (C=O) groups is 3. The molecular formula is C40H36F12N4O8. The first-order valence-corrected chi connectivity index (χ1v) is 18.7. The van der Waals surface area contributed by atoms with E-state index < -0.39 is 89.0 Å². The first-order valence-electron chi connectivity index (χ1n) is 18.7. The van der Waals surface area contributed by atoms with Crippen LogP contribution in [0.25, 0.3) is 21.8 Å². The van der Waals surface area contributed by atoms with Crippen LogP contribution in [0.5, 0.6) is 11.5 Å². The van der Waals surface area contributed by atoms with Crippen LogP contribution in [-0.4, -0.2) is 96.3 Å². The van der Waals surface area contributed by atoms with Gasteiger partial charge in [0, 0.05) is 59.3 Å². The predicted molar refractivity (Wildman–Crippen MR) is 200 cm³/mol.